The molecule has 5 unspecified atom stereocenters. The first-order valence-electron chi connectivity index (χ1n) is 13.0. The van der Waals surface area contributed by atoms with Crippen LogP contribution in [0.15, 0.2) is 54.7 Å². The van der Waals surface area contributed by atoms with Crippen LogP contribution in [0.25, 0.3) is 0 Å². The van der Waals surface area contributed by atoms with Gasteiger partial charge >= 0.3 is 0 Å². The van der Waals surface area contributed by atoms with Gasteiger partial charge < -0.3 is 21.3 Å². The van der Waals surface area contributed by atoms with E-state index >= 15 is 4.39 Å². The average molecular weight is 582 g/mol. The number of likely N-dealkylation sites (tertiary alicyclic amines) is 1. The van der Waals surface area contributed by atoms with Gasteiger partial charge in [-0.05, 0) is 66.8 Å². The molecule has 1 aliphatic carbocycles. The summed E-state index contributed by atoms with van der Waals surface area (Å²) in [6.07, 6.45) is 2.14. The molecule has 3 aromatic rings. The van der Waals surface area contributed by atoms with E-state index in [1.165, 1.54) is 6.92 Å². The van der Waals surface area contributed by atoms with Crippen molar-refractivity contribution in [3.05, 3.63) is 88.6 Å². The maximum absolute atomic E-state index is 15.5. The number of benzene rings is 2. The number of carbonyl (C=O) groups is 3. The van der Waals surface area contributed by atoms with Crippen LogP contribution in [0.1, 0.15) is 41.6 Å². The molecule has 3 amide bonds. The molecular formula is C29H27F3N5O3P. The van der Waals surface area contributed by atoms with Crippen LogP contribution in [0.4, 0.5) is 24.7 Å². The van der Waals surface area contributed by atoms with Crippen LogP contribution in [0.2, 0.25) is 0 Å². The van der Waals surface area contributed by atoms with Crippen molar-refractivity contribution in [1.82, 2.24) is 9.88 Å². The zero-order valence-electron chi connectivity index (χ0n) is 22.0. The average Bonchev–Trinajstić information content (AvgIpc) is 3.41. The van der Waals surface area contributed by atoms with Gasteiger partial charge in [-0.3, -0.25) is 14.4 Å². The van der Waals surface area contributed by atoms with Crippen molar-refractivity contribution in [2.75, 3.05) is 17.2 Å². The van der Waals surface area contributed by atoms with E-state index in [4.69, 9.17) is 5.73 Å². The lowest BCUT2D eigenvalue weighted by atomic mass is 9.79. The number of amides is 3. The molecule has 2 aliphatic heterocycles. The van der Waals surface area contributed by atoms with Crippen molar-refractivity contribution < 1.29 is 27.6 Å². The fraction of sp³-hybridized carbons (Fsp3) is 0.310. The number of nitrogens with one attached hydrogen (secondary N) is 2. The number of piperidine rings is 1. The Morgan fingerprint density at radius 3 is 2.59 bits per heavy atom. The van der Waals surface area contributed by atoms with E-state index in [-0.39, 0.29) is 11.5 Å². The molecule has 4 N–H and O–H groups in total. The number of nitrogens with zero attached hydrogens (tertiary/aromatic N) is 2. The van der Waals surface area contributed by atoms with Gasteiger partial charge in [-0.1, -0.05) is 21.4 Å². The second-order valence-electron chi connectivity index (χ2n) is 11.2. The quantitative estimate of drug-likeness (QED) is 0.408. The van der Waals surface area contributed by atoms with Gasteiger partial charge in [0.1, 0.15) is 29.5 Å². The van der Waals surface area contributed by atoms with E-state index in [0.29, 0.717) is 30.4 Å². The van der Waals surface area contributed by atoms with E-state index in [9.17, 15) is 23.2 Å². The Morgan fingerprint density at radius 2 is 1.85 bits per heavy atom. The van der Waals surface area contributed by atoms with Crippen molar-refractivity contribution in [2.45, 2.75) is 48.6 Å². The molecular weight excluding hydrogens is 554 g/mol. The molecule has 41 heavy (non-hydrogen) atoms. The summed E-state index contributed by atoms with van der Waals surface area (Å²) in [7, 11) is 1.93. The molecule has 1 spiro atoms. The SMILES string of the molecule is CC1(N)C(=O)N(CC(=O)Nc2ccc3c(c2)CC2(C3)C(=O)Nc3ncccc32)C(c2cc(F)cc(F)c2)CC1(F)P. The summed E-state index contributed by atoms with van der Waals surface area (Å²) in [6, 6.07) is 10.5. The minimum absolute atomic E-state index is 0.0102. The van der Waals surface area contributed by atoms with E-state index in [2.05, 4.69) is 15.6 Å². The summed E-state index contributed by atoms with van der Waals surface area (Å²) >= 11 is 0. The first-order chi connectivity index (χ1) is 19.3. The molecule has 212 valence electrons. The molecule has 0 bridgehead atoms. The number of fused-ring (bicyclic) bond motifs is 3. The highest BCUT2D eigenvalue weighted by atomic mass is 31.0. The molecule has 0 radical (unpaired) electrons. The zero-order valence-corrected chi connectivity index (χ0v) is 23.2. The number of carbonyl (C=O) groups excluding carboxylic acids is 3. The number of rotatable bonds is 4. The predicted molar refractivity (Wildman–Crippen MR) is 149 cm³/mol. The Balaban J connectivity index is 1.24. The van der Waals surface area contributed by atoms with Gasteiger partial charge in [-0.15, -0.1) is 0 Å². The third kappa shape index (κ3) is 4.38. The lowest BCUT2D eigenvalue weighted by Gasteiger charge is -2.49. The highest BCUT2D eigenvalue weighted by Crippen LogP contribution is 2.48. The Hall–Kier alpha value is -3.82. The number of hydrogen-bond donors (Lipinski definition) is 3. The van der Waals surface area contributed by atoms with E-state index < -0.39 is 58.8 Å². The molecule has 2 aromatic carbocycles. The van der Waals surface area contributed by atoms with Crippen LogP contribution in [0.3, 0.4) is 0 Å². The molecule has 3 aliphatic rings. The maximum Gasteiger partial charge on any atom is 0.247 e. The normalized spacial score (nSPS) is 28.4. The van der Waals surface area contributed by atoms with Crippen LogP contribution >= 0.6 is 9.24 Å². The van der Waals surface area contributed by atoms with Gasteiger partial charge in [0, 0.05) is 29.9 Å². The van der Waals surface area contributed by atoms with Crippen LogP contribution in [0, 0.1) is 11.6 Å². The molecule has 3 heterocycles. The smallest absolute Gasteiger partial charge is 0.247 e. The summed E-state index contributed by atoms with van der Waals surface area (Å²) in [4.78, 5) is 44.9. The number of aromatic nitrogens is 1. The highest BCUT2D eigenvalue weighted by Gasteiger charge is 2.57. The van der Waals surface area contributed by atoms with Crippen LogP contribution in [-0.4, -0.2) is 45.1 Å². The van der Waals surface area contributed by atoms with Gasteiger partial charge in [-0.2, -0.15) is 0 Å². The summed E-state index contributed by atoms with van der Waals surface area (Å²) in [5, 5.41) is 3.32. The number of pyridine rings is 1. The van der Waals surface area contributed by atoms with Gasteiger partial charge in [0.2, 0.25) is 17.7 Å². The summed E-state index contributed by atoms with van der Waals surface area (Å²) < 4.78 is 43.6. The van der Waals surface area contributed by atoms with Crippen LogP contribution in [-0.2, 0) is 32.6 Å². The first-order valence-corrected chi connectivity index (χ1v) is 13.6. The van der Waals surface area contributed by atoms with Crippen molar-refractivity contribution in [3.8, 4) is 0 Å². The fourth-order valence-electron chi connectivity index (χ4n) is 6.17. The lowest BCUT2D eigenvalue weighted by molar-refractivity contribution is -0.151. The molecule has 12 heteroatoms. The Bertz CT molecular complexity index is 1610. The standard InChI is InChI=1S/C29H27F3N5O3P/c1-27(33)26(40)37(22(13-29(27,32)41)16-7-18(30)10-19(31)8-16)14-23(38)35-20-5-4-15-11-28(12-17(15)9-20)21-3-2-6-34-24(21)36-25(28)39/h2-10,22H,11-14,33,41H2,1H3,(H,35,38)(H,34,36,39). The van der Waals surface area contributed by atoms with Crippen molar-refractivity contribution >= 4 is 38.5 Å². The van der Waals surface area contributed by atoms with E-state index in [1.807, 2.05) is 21.4 Å². The summed E-state index contributed by atoms with van der Waals surface area (Å²) in [5.74, 6) is -2.84. The number of nitrogens with two attached hydrogens (primary N) is 1. The largest absolute Gasteiger partial charge is 0.325 e. The molecule has 1 fully saturated rings. The lowest BCUT2D eigenvalue weighted by Crippen LogP contribution is -2.68. The second kappa shape index (κ2) is 9.36. The second-order valence-corrected chi connectivity index (χ2v) is 12.2. The number of alkyl halides is 1. The van der Waals surface area contributed by atoms with Crippen molar-refractivity contribution in [2.24, 2.45) is 5.73 Å². The molecule has 1 saturated heterocycles. The molecule has 5 atom stereocenters. The fourth-order valence-corrected chi connectivity index (χ4v) is 6.52. The molecule has 0 saturated carbocycles. The van der Waals surface area contributed by atoms with Crippen molar-refractivity contribution in [3.63, 3.8) is 0 Å². The maximum atomic E-state index is 15.5. The highest BCUT2D eigenvalue weighted by molar-refractivity contribution is 7.19. The third-order valence-corrected chi connectivity index (χ3v) is 9.32. The Kier molecular flexibility index (Phi) is 6.24. The number of anilines is 2. The molecule has 1 aromatic heterocycles. The van der Waals surface area contributed by atoms with Gasteiger partial charge in [0.25, 0.3) is 0 Å². The van der Waals surface area contributed by atoms with Crippen LogP contribution < -0.4 is 16.4 Å². The Morgan fingerprint density at radius 1 is 1.15 bits per heavy atom. The minimum Gasteiger partial charge on any atom is -0.325 e. The third-order valence-electron chi connectivity index (χ3n) is 8.48. The van der Waals surface area contributed by atoms with Crippen LogP contribution in [0.5, 0.6) is 0 Å². The topological polar surface area (TPSA) is 117 Å². The van der Waals surface area contributed by atoms with Gasteiger partial charge in [0.15, 0.2) is 5.41 Å². The summed E-state index contributed by atoms with van der Waals surface area (Å²) in [5.41, 5.74) is 6.43. The van der Waals surface area contributed by atoms with Gasteiger partial charge in [0.05, 0.1) is 11.5 Å². The monoisotopic (exact) mass is 581 g/mol. The minimum atomic E-state index is -2.29. The van der Waals surface area contributed by atoms with E-state index in [1.54, 1.807) is 24.4 Å². The first kappa shape index (κ1) is 27.4. The predicted octanol–water partition coefficient (Wildman–Crippen LogP) is 3.52. The number of hydrogen-bond acceptors (Lipinski definition) is 5. The summed E-state index contributed by atoms with van der Waals surface area (Å²) in [6.45, 7) is 0.691. The van der Waals surface area contributed by atoms with E-state index in [0.717, 1.165) is 33.7 Å². The van der Waals surface area contributed by atoms with Gasteiger partial charge in [-0.25, -0.2) is 18.2 Å². The molecule has 6 rings (SSSR count). The zero-order chi connectivity index (χ0) is 29.3. The van der Waals surface area contributed by atoms with Crippen molar-refractivity contribution in [1.29, 1.82) is 0 Å². The number of halogens is 3. The molecule has 8 nitrogen and oxygen atoms in total. The Labute approximate surface area is 236 Å².